The van der Waals surface area contributed by atoms with E-state index in [1.54, 1.807) is 0 Å². The summed E-state index contributed by atoms with van der Waals surface area (Å²) >= 11 is 0. The average molecular weight is 212 g/mol. The van der Waals surface area contributed by atoms with E-state index in [0.717, 1.165) is 25.6 Å². The Kier molecular flexibility index (Phi) is 8.73. The number of nitrogens with one attached hydrogen (secondary N) is 1. The van der Waals surface area contributed by atoms with Gasteiger partial charge in [0, 0.05) is 19.6 Å². The molecule has 0 aromatic carbocycles. The first-order chi connectivity index (χ1) is 7.17. The van der Waals surface area contributed by atoms with Crippen molar-refractivity contribution in [2.45, 2.75) is 33.6 Å². The van der Waals surface area contributed by atoms with E-state index in [2.05, 4.69) is 37.6 Å². The smallest absolute Gasteiger partial charge is 0.0202 e. The summed E-state index contributed by atoms with van der Waals surface area (Å²) in [6.07, 6.45) is 2.57. The zero-order chi connectivity index (χ0) is 11.7. The highest BCUT2D eigenvalue weighted by molar-refractivity contribution is 4.99. The largest absolute Gasteiger partial charge is 0.316 e. The molecule has 0 amide bonds. The minimum absolute atomic E-state index is 0.840. The Bertz CT molecular complexity index is 162. The van der Waals surface area contributed by atoms with Gasteiger partial charge >= 0.3 is 0 Å². The maximum atomic E-state index is 4.09. The first kappa shape index (κ1) is 14.7. The Hall–Kier alpha value is -0.340. The highest BCUT2D eigenvalue weighted by atomic mass is 15.1. The topological polar surface area (TPSA) is 15.3 Å². The second kappa shape index (κ2) is 8.93. The maximum absolute atomic E-state index is 4.09. The molecule has 2 heteroatoms. The van der Waals surface area contributed by atoms with Crippen molar-refractivity contribution in [3.8, 4) is 0 Å². The van der Waals surface area contributed by atoms with Gasteiger partial charge in [0.15, 0.2) is 0 Å². The van der Waals surface area contributed by atoms with Crippen LogP contribution in [-0.2, 0) is 0 Å². The Morgan fingerprint density at radius 2 is 1.87 bits per heavy atom. The third kappa shape index (κ3) is 6.69. The quantitative estimate of drug-likeness (QED) is 0.591. The van der Waals surface area contributed by atoms with Gasteiger partial charge in [0.1, 0.15) is 0 Å². The Balaban J connectivity index is 3.95. The minimum Gasteiger partial charge on any atom is -0.316 e. The lowest BCUT2D eigenvalue weighted by atomic mass is 10.0. The van der Waals surface area contributed by atoms with Crippen molar-refractivity contribution in [2.24, 2.45) is 5.92 Å². The molecule has 0 aromatic heterocycles. The molecule has 2 nitrogen and oxygen atoms in total. The molecule has 0 saturated heterocycles. The lowest BCUT2D eigenvalue weighted by molar-refractivity contribution is 0.249. The van der Waals surface area contributed by atoms with Crippen molar-refractivity contribution in [1.82, 2.24) is 10.2 Å². The van der Waals surface area contributed by atoms with Crippen molar-refractivity contribution < 1.29 is 0 Å². The van der Waals surface area contributed by atoms with E-state index in [1.807, 2.05) is 7.05 Å². The predicted molar refractivity (Wildman–Crippen MR) is 69.3 cm³/mol. The molecule has 0 aliphatic rings. The van der Waals surface area contributed by atoms with E-state index < -0.39 is 0 Å². The van der Waals surface area contributed by atoms with E-state index in [0.29, 0.717) is 0 Å². The molecule has 0 aliphatic heterocycles. The molecule has 0 aliphatic carbocycles. The lowest BCUT2D eigenvalue weighted by Gasteiger charge is -2.25. The monoisotopic (exact) mass is 212 g/mol. The molecule has 0 radical (unpaired) electrons. The summed E-state index contributed by atoms with van der Waals surface area (Å²) < 4.78 is 0. The Morgan fingerprint density at radius 1 is 1.27 bits per heavy atom. The van der Waals surface area contributed by atoms with Crippen LogP contribution in [0.5, 0.6) is 0 Å². The summed E-state index contributed by atoms with van der Waals surface area (Å²) in [5.74, 6) is 0.840. The minimum atomic E-state index is 0.840. The molecule has 0 atom stereocenters. The maximum Gasteiger partial charge on any atom is 0.0202 e. The number of nitrogens with zero attached hydrogens (tertiary/aromatic N) is 1. The molecular weight excluding hydrogens is 184 g/mol. The number of hydrogen-bond donors (Lipinski definition) is 1. The third-order valence-electron chi connectivity index (χ3n) is 2.99. The van der Waals surface area contributed by atoms with Crippen LogP contribution in [0.15, 0.2) is 12.2 Å². The number of rotatable bonds is 9. The summed E-state index contributed by atoms with van der Waals surface area (Å²) in [5, 5.41) is 3.15. The van der Waals surface area contributed by atoms with Gasteiger partial charge in [-0.25, -0.2) is 0 Å². The average Bonchev–Trinajstić information content (AvgIpc) is 2.24. The molecule has 0 spiro atoms. The van der Waals surface area contributed by atoms with E-state index in [9.17, 15) is 0 Å². The fourth-order valence-electron chi connectivity index (χ4n) is 1.84. The highest BCUT2D eigenvalue weighted by Gasteiger charge is 2.10. The van der Waals surface area contributed by atoms with Crippen LogP contribution in [0.25, 0.3) is 0 Å². The normalized spacial score (nSPS) is 11.3. The second-order valence-electron chi connectivity index (χ2n) is 4.29. The van der Waals surface area contributed by atoms with Crippen LogP contribution in [0.1, 0.15) is 33.6 Å². The van der Waals surface area contributed by atoms with Crippen LogP contribution < -0.4 is 5.32 Å². The van der Waals surface area contributed by atoms with Crippen molar-refractivity contribution in [3.05, 3.63) is 12.2 Å². The van der Waals surface area contributed by atoms with Crippen LogP contribution in [0.4, 0.5) is 0 Å². The van der Waals surface area contributed by atoms with Gasteiger partial charge in [0.25, 0.3) is 0 Å². The third-order valence-corrected chi connectivity index (χ3v) is 2.99. The summed E-state index contributed by atoms with van der Waals surface area (Å²) in [6.45, 7) is 15.2. The Morgan fingerprint density at radius 3 is 2.27 bits per heavy atom. The van der Waals surface area contributed by atoms with Gasteiger partial charge in [0.2, 0.25) is 0 Å². The molecule has 0 heterocycles. The van der Waals surface area contributed by atoms with Gasteiger partial charge in [-0.05, 0) is 25.1 Å². The second-order valence-corrected chi connectivity index (χ2v) is 4.29. The van der Waals surface area contributed by atoms with Crippen LogP contribution in [0.2, 0.25) is 0 Å². The molecule has 15 heavy (non-hydrogen) atoms. The molecule has 0 bridgehead atoms. The molecular formula is C13H28N2. The van der Waals surface area contributed by atoms with Gasteiger partial charge < -0.3 is 5.32 Å². The zero-order valence-corrected chi connectivity index (χ0v) is 11.0. The van der Waals surface area contributed by atoms with Crippen molar-refractivity contribution >= 4 is 0 Å². The summed E-state index contributed by atoms with van der Waals surface area (Å²) in [4.78, 5) is 2.50. The molecule has 0 aromatic rings. The standard InChI is InChI=1S/C13H28N2/c1-6-13(7-2)11-15(8-3)10-12(4)9-14-5/h13-14H,4,6-11H2,1-3,5H3. The van der Waals surface area contributed by atoms with Gasteiger partial charge in [-0.3, -0.25) is 4.90 Å². The summed E-state index contributed by atoms with van der Waals surface area (Å²) in [6, 6.07) is 0. The number of likely N-dealkylation sites (N-methyl/N-ethyl adjacent to an activating group) is 2. The first-order valence-electron chi connectivity index (χ1n) is 6.21. The van der Waals surface area contributed by atoms with Crippen molar-refractivity contribution in [2.75, 3.05) is 33.2 Å². The molecule has 0 unspecified atom stereocenters. The fourth-order valence-corrected chi connectivity index (χ4v) is 1.84. The molecule has 0 fully saturated rings. The van der Waals surface area contributed by atoms with Crippen molar-refractivity contribution in [3.63, 3.8) is 0 Å². The van der Waals surface area contributed by atoms with Crippen LogP contribution in [-0.4, -0.2) is 38.1 Å². The predicted octanol–water partition coefficient (Wildman–Crippen LogP) is 2.52. The highest BCUT2D eigenvalue weighted by Crippen LogP contribution is 2.10. The van der Waals surface area contributed by atoms with E-state index in [1.165, 1.54) is 25.0 Å². The number of hydrogen-bond acceptors (Lipinski definition) is 2. The zero-order valence-electron chi connectivity index (χ0n) is 11.0. The molecule has 0 saturated carbocycles. The molecule has 0 rings (SSSR count). The van der Waals surface area contributed by atoms with E-state index in [-0.39, 0.29) is 0 Å². The van der Waals surface area contributed by atoms with Crippen LogP contribution in [0.3, 0.4) is 0 Å². The fraction of sp³-hybridized carbons (Fsp3) is 0.846. The molecule has 1 N–H and O–H groups in total. The summed E-state index contributed by atoms with van der Waals surface area (Å²) in [5.41, 5.74) is 1.28. The van der Waals surface area contributed by atoms with Crippen LogP contribution >= 0.6 is 0 Å². The molecule has 90 valence electrons. The van der Waals surface area contributed by atoms with E-state index in [4.69, 9.17) is 0 Å². The SMILES string of the molecule is C=C(CNC)CN(CC)CC(CC)CC. The van der Waals surface area contributed by atoms with Gasteiger partial charge in [-0.1, -0.05) is 40.2 Å². The first-order valence-corrected chi connectivity index (χ1v) is 6.21. The van der Waals surface area contributed by atoms with Gasteiger partial charge in [0.05, 0.1) is 0 Å². The van der Waals surface area contributed by atoms with Crippen LogP contribution in [0, 0.1) is 5.92 Å². The summed E-state index contributed by atoms with van der Waals surface area (Å²) in [7, 11) is 1.97. The van der Waals surface area contributed by atoms with Gasteiger partial charge in [-0.2, -0.15) is 0 Å². The van der Waals surface area contributed by atoms with E-state index >= 15 is 0 Å². The lowest BCUT2D eigenvalue weighted by Crippen LogP contribution is -2.32. The Labute approximate surface area is 95.7 Å². The van der Waals surface area contributed by atoms with Gasteiger partial charge in [-0.15, -0.1) is 0 Å². The van der Waals surface area contributed by atoms with Crippen molar-refractivity contribution in [1.29, 1.82) is 0 Å².